The van der Waals surface area contributed by atoms with Crippen LogP contribution in [0.3, 0.4) is 0 Å². The lowest BCUT2D eigenvalue weighted by Crippen LogP contribution is -2.16. The lowest BCUT2D eigenvalue weighted by molar-refractivity contribution is 0.169. The van der Waals surface area contributed by atoms with Crippen LogP contribution in [0.2, 0.25) is 4.34 Å². The second-order valence-electron chi connectivity index (χ2n) is 4.43. The highest BCUT2D eigenvalue weighted by atomic mass is 35.5. The Kier molecular flexibility index (Phi) is 4.80. The molecule has 0 saturated heterocycles. The summed E-state index contributed by atoms with van der Waals surface area (Å²) in [4.78, 5) is 7.62. The Morgan fingerprint density at radius 2 is 2.16 bits per heavy atom. The average molecular weight is 297 g/mol. The van der Waals surface area contributed by atoms with Crippen LogP contribution in [-0.2, 0) is 6.54 Å². The number of rotatable bonds is 5. The predicted molar refractivity (Wildman–Crippen MR) is 80.9 cm³/mol. The van der Waals surface area contributed by atoms with E-state index in [1.165, 1.54) is 4.88 Å². The number of thiophene rings is 1. The third-order valence-electron chi connectivity index (χ3n) is 2.96. The number of aliphatic hydroxyl groups is 1. The van der Waals surface area contributed by atoms with Crippen molar-refractivity contribution in [3.05, 3.63) is 45.4 Å². The predicted octanol–water partition coefficient (Wildman–Crippen LogP) is 3.88. The average Bonchev–Trinajstić information content (AvgIpc) is 2.83. The molecule has 2 aromatic heterocycles. The van der Waals surface area contributed by atoms with E-state index in [2.05, 4.69) is 9.88 Å². The number of aliphatic hydroxyl groups excluding tert-OH is 1. The quantitative estimate of drug-likeness (QED) is 0.910. The molecule has 5 heteroatoms. The van der Waals surface area contributed by atoms with Crippen LogP contribution in [0.1, 0.15) is 30.0 Å². The minimum absolute atomic E-state index is 0.476. The molecule has 2 heterocycles. The van der Waals surface area contributed by atoms with E-state index in [1.54, 1.807) is 17.5 Å². The van der Waals surface area contributed by atoms with Crippen molar-refractivity contribution in [3.63, 3.8) is 0 Å². The van der Waals surface area contributed by atoms with Gasteiger partial charge < -0.3 is 10.0 Å². The van der Waals surface area contributed by atoms with Gasteiger partial charge in [-0.2, -0.15) is 0 Å². The highest BCUT2D eigenvalue weighted by Gasteiger charge is 2.08. The summed E-state index contributed by atoms with van der Waals surface area (Å²) in [7, 11) is 2.01. The summed E-state index contributed by atoms with van der Waals surface area (Å²) >= 11 is 7.51. The Balaban J connectivity index is 2.05. The Hall–Kier alpha value is -1.10. The third-order valence-corrected chi connectivity index (χ3v) is 4.18. The van der Waals surface area contributed by atoms with Crippen LogP contribution in [0.4, 0.5) is 5.69 Å². The Morgan fingerprint density at radius 3 is 2.68 bits per heavy atom. The maximum atomic E-state index is 9.71. The molecule has 1 N–H and O–H groups in total. The third kappa shape index (κ3) is 3.69. The number of hydrogen-bond acceptors (Lipinski definition) is 4. The molecule has 1 atom stereocenters. The summed E-state index contributed by atoms with van der Waals surface area (Å²) in [6.45, 7) is 2.74. The maximum absolute atomic E-state index is 9.71. The summed E-state index contributed by atoms with van der Waals surface area (Å²) in [5, 5.41) is 9.71. The molecule has 0 aromatic carbocycles. The van der Waals surface area contributed by atoms with Crippen molar-refractivity contribution in [3.8, 4) is 0 Å². The van der Waals surface area contributed by atoms with E-state index in [4.69, 9.17) is 11.6 Å². The first kappa shape index (κ1) is 14.3. The minimum atomic E-state index is -0.476. The molecule has 19 heavy (non-hydrogen) atoms. The van der Waals surface area contributed by atoms with Crippen molar-refractivity contribution in [1.82, 2.24) is 4.98 Å². The smallest absolute Gasteiger partial charge is 0.0957 e. The zero-order valence-electron chi connectivity index (χ0n) is 11.0. The number of aromatic nitrogens is 1. The van der Waals surface area contributed by atoms with Crippen molar-refractivity contribution >= 4 is 28.6 Å². The molecule has 0 fully saturated rings. The molecule has 102 valence electrons. The molecule has 0 aliphatic rings. The molecule has 0 spiro atoms. The molecule has 0 bridgehead atoms. The molecule has 1 unspecified atom stereocenters. The molecule has 0 amide bonds. The van der Waals surface area contributed by atoms with E-state index >= 15 is 0 Å². The fourth-order valence-corrected chi connectivity index (χ4v) is 2.93. The van der Waals surface area contributed by atoms with Gasteiger partial charge in [0, 0.05) is 11.9 Å². The molecule has 0 aliphatic heterocycles. The van der Waals surface area contributed by atoms with Gasteiger partial charge in [0.15, 0.2) is 0 Å². The first-order valence-corrected chi connectivity index (χ1v) is 7.39. The molecule has 0 aliphatic carbocycles. The lowest BCUT2D eigenvalue weighted by atomic mass is 10.2. The second kappa shape index (κ2) is 6.37. The SMILES string of the molecule is CCC(O)c1ccc(N(C)Cc2ccc(Cl)s2)cn1. The van der Waals surface area contributed by atoms with Crippen molar-refractivity contribution in [1.29, 1.82) is 0 Å². The summed E-state index contributed by atoms with van der Waals surface area (Å²) in [6, 6.07) is 7.80. The highest BCUT2D eigenvalue weighted by molar-refractivity contribution is 7.16. The van der Waals surface area contributed by atoms with E-state index in [0.717, 1.165) is 22.3 Å². The second-order valence-corrected chi connectivity index (χ2v) is 6.23. The molecule has 0 radical (unpaired) electrons. The van der Waals surface area contributed by atoms with Gasteiger partial charge in [0.25, 0.3) is 0 Å². The number of pyridine rings is 1. The van der Waals surface area contributed by atoms with E-state index in [9.17, 15) is 5.11 Å². The largest absolute Gasteiger partial charge is 0.387 e. The molecular weight excluding hydrogens is 280 g/mol. The first-order valence-electron chi connectivity index (χ1n) is 6.19. The lowest BCUT2D eigenvalue weighted by Gasteiger charge is -2.18. The number of halogens is 1. The molecule has 2 rings (SSSR count). The Labute approximate surface area is 122 Å². The first-order chi connectivity index (χ1) is 9.10. The van der Waals surface area contributed by atoms with E-state index < -0.39 is 6.10 Å². The van der Waals surface area contributed by atoms with Gasteiger partial charge >= 0.3 is 0 Å². The van der Waals surface area contributed by atoms with Crippen LogP contribution >= 0.6 is 22.9 Å². The maximum Gasteiger partial charge on any atom is 0.0957 e. The van der Waals surface area contributed by atoms with Gasteiger partial charge in [0.2, 0.25) is 0 Å². The monoisotopic (exact) mass is 296 g/mol. The van der Waals surface area contributed by atoms with Crippen LogP contribution in [0.25, 0.3) is 0 Å². The van der Waals surface area contributed by atoms with Gasteiger partial charge in [-0.3, -0.25) is 4.98 Å². The standard InChI is InChI=1S/C14H17ClN2OS/c1-3-13(18)12-6-4-10(8-16-12)17(2)9-11-5-7-14(15)19-11/h4-8,13,18H,3,9H2,1-2H3. The van der Waals surface area contributed by atoms with Crippen LogP contribution in [0.5, 0.6) is 0 Å². The van der Waals surface area contributed by atoms with Gasteiger partial charge in [0.05, 0.1) is 34.6 Å². The van der Waals surface area contributed by atoms with Crippen LogP contribution in [0, 0.1) is 0 Å². The summed E-state index contributed by atoms with van der Waals surface area (Å²) in [5.41, 5.74) is 1.75. The Bertz CT molecular complexity index is 526. The van der Waals surface area contributed by atoms with E-state index in [-0.39, 0.29) is 0 Å². The number of anilines is 1. The Morgan fingerprint density at radius 1 is 1.37 bits per heavy atom. The van der Waals surface area contributed by atoms with Gasteiger partial charge in [0.1, 0.15) is 0 Å². The summed E-state index contributed by atoms with van der Waals surface area (Å²) in [5.74, 6) is 0. The van der Waals surface area contributed by atoms with E-state index in [1.807, 2.05) is 38.2 Å². The van der Waals surface area contributed by atoms with Crippen molar-refractivity contribution in [2.75, 3.05) is 11.9 Å². The molecule has 0 saturated carbocycles. The van der Waals surface area contributed by atoms with Crippen LogP contribution in [0.15, 0.2) is 30.5 Å². The van der Waals surface area contributed by atoms with Crippen LogP contribution < -0.4 is 4.90 Å². The number of hydrogen-bond donors (Lipinski definition) is 1. The van der Waals surface area contributed by atoms with Gasteiger partial charge in [-0.05, 0) is 30.7 Å². The molecular formula is C14H17ClN2OS. The van der Waals surface area contributed by atoms with Crippen molar-refractivity contribution in [2.45, 2.75) is 26.0 Å². The van der Waals surface area contributed by atoms with Crippen LogP contribution in [-0.4, -0.2) is 17.1 Å². The van der Waals surface area contributed by atoms with Crippen molar-refractivity contribution in [2.24, 2.45) is 0 Å². The highest BCUT2D eigenvalue weighted by Crippen LogP contribution is 2.24. The normalized spacial score (nSPS) is 12.4. The molecule has 2 aromatic rings. The number of nitrogens with zero attached hydrogens (tertiary/aromatic N) is 2. The zero-order chi connectivity index (χ0) is 13.8. The van der Waals surface area contributed by atoms with E-state index in [0.29, 0.717) is 6.42 Å². The summed E-state index contributed by atoms with van der Waals surface area (Å²) < 4.78 is 0.808. The molecule has 3 nitrogen and oxygen atoms in total. The van der Waals surface area contributed by atoms with Gasteiger partial charge in [-0.1, -0.05) is 18.5 Å². The summed E-state index contributed by atoms with van der Waals surface area (Å²) in [6.07, 6.45) is 2.00. The fourth-order valence-electron chi connectivity index (χ4n) is 1.79. The van der Waals surface area contributed by atoms with Gasteiger partial charge in [-0.25, -0.2) is 0 Å². The topological polar surface area (TPSA) is 36.4 Å². The van der Waals surface area contributed by atoms with Gasteiger partial charge in [-0.15, -0.1) is 11.3 Å². The minimum Gasteiger partial charge on any atom is -0.387 e. The fraction of sp³-hybridized carbons (Fsp3) is 0.357. The zero-order valence-corrected chi connectivity index (χ0v) is 12.6. The van der Waals surface area contributed by atoms with Crippen molar-refractivity contribution < 1.29 is 5.11 Å².